The molecule has 2 aliphatic rings. The van der Waals surface area contributed by atoms with Crippen LogP contribution >= 0.6 is 0 Å². The lowest BCUT2D eigenvalue weighted by atomic mass is 9.88. The van der Waals surface area contributed by atoms with Crippen molar-refractivity contribution in [2.24, 2.45) is 0 Å². The van der Waals surface area contributed by atoms with Crippen molar-refractivity contribution in [3.8, 4) is 11.5 Å². The predicted molar refractivity (Wildman–Crippen MR) is 136 cm³/mol. The molecule has 8 heteroatoms. The van der Waals surface area contributed by atoms with E-state index in [9.17, 15) is 14.0 Å². The number of halogens is 1. The Hall–Kier alpha value is -3.29. The molecule has 0 aromatic heterocycles. The Balaban J connectivity index is 1.50. The van der Waals surface area contributed by atoms with Gasteiger partial charge in [0.1, 0.15) is 5.82 Å². The summed E-state index contributed by atoms with van der Waals surface area (Å²) in [7, 11) is 5.04. The molecule has 1 fully saturated rings. The van der Waals surface area contributed by atoms with Crippen LogP contribution in [0.5, 0.6) is 11.5 Å². The molecule has 1 aliphatic carbocycles. The van der Waals surface area contributed by atoms with Gasteiger partial charge in [-0.2, -0.15) is 0 Å². The monoisotopic (exact) mass is 497 g/mol. The van der Waals surface area contributed by atoms with Crippen molar-refractivity contribution in [3.05, 3.63) is 58.9 Å². The van der Waals surface area contributed by atoms with Gasteiger partial charge in [0.2, 0.25) is 5.91 Å². The van der Waals surface area contributed by atoms with E-state index in [1.807, 2.05) is 24.1 Å². The van der Waals surface area contributed by atoms with Gasteiger partial charge in [-0.15, -0.1) is 0 Å². The summed E-state index contributed by atoms with van der Waals surface area (Å²) in [5, 5.41) is 2.94. The Kier molecular flexibility index (Phi) is 8.33. The highest BCUT2D eigenvalue weighted by Gasteiger charge is 2.33. The van der Waals surface area contributed by atoms with Gasteiger partial charge in [-0.1, -0.05) is 31.4 Å². The summed E-state index contributed by atoms with van der Waals surface area (Å²) in [5.74, 6) is 0.923. The Morgan fingerprint density at radius 1 is 1.06 bits per heavy atom. The second-order valence-corrected chi connectivity index (χ2v) is 9.58. The number of carbonyl (C=O) groups excluding carboxylic acids is 2. The van der Waals surface area contributed by atoms with Crippen molar-refractivity contribution in [2.75, 3.05) is 34.4 Å². The van der Waals surface area contributed by atoms with E-state index < -0.39 is 6.04 Å². The zero-order chi connectivity index (χ0) is 25.7. The molecule has 7 nitrogen and oxygen atoms in total. The fourth-order valence-electron chi connectivity index (χ4n) is 5.40. The lowest BCUT2D eigenvalue weighted by molar-refractivity contribution is -0.132. The van der Waals surface area contributed by atoms with Crippen molar-refractivity contribution in [3.63, 3.8) is 0 Å². The van der Waals surface area contributed by atoms with E-state index in [2.05, 4.69) is 5.32 Å². The summed E-state index contributed by atoms with van der Waals surface area (Å²) in [6.45, 7) is 0.742. The molecule has 0 saturated heterocycles. The Labute approximate surface area is 212 Å². The minimum absolute atomic E-state index is 0.0538. The van der Waals surface area contributed by atoms with E-state index in [0.29, 0.717) is 30.5 Å². The van der Waals surface area contributed by atoms with Gasteiger partial charge in [-0.05, 0) is 60.2 Å². The van der Waals surface area contributed by atoms with Crippen LogP contribution in [0.1, 0.15) is 61.3 Å². The van der Waals surface area contributed by atoms with Gasteiger partial charge in [0, 0.05) is 32.6 Å². The van der Waals surface area contributed by atoms with Gasteiger partial charge in [-0.3, -0.25) is 4.79 Å². The average molecular weight is 498 g/mol. The first kappa shape index (κ1) is 25.8. The predicted octanol–water partition coefficient (Wildman–Crippen LogP) is 4.68. The number of nitrogens with one attached hydrogen (secondary N) is 1. The van der Waals surface area contributed by atoms with Crippen LogP contribution in [0.2, 0.25) is 0 Å². The number of methoxy groups -OCH3 is 2. The quantitative estimate of drug-likeness (QED) is 0.603. The average Bonchev–Trinajstić information content (AvgIpc) is 2.92. The molecule has 1 saturated carbocycles. The van der Waals surface area contributed by atoms with Crippen LogP contribution in [0.25, 0.3) is 0 Å². The number of ether oxygens (including phenoxy) is 2. The number of urea groups is 1. The van der Waals surface area contributed by atoms with Crippen LogP contribution in [0.3, 0.4) is 0 Å². The molecule has 36 heavy (non-hydrogen) atoms. The highest BCUT2D eigenvalue weighted by molar-refractivity contribution is 5.79. The van der Waals surface area contributed by atoms with Gasteiger partial charge >= 0.3 is 6.03 Å². The molecule has 2 aromatic rings. The Morgan fingerprint density at radius 2 is 1.72 bits per heavy atom. The minimum Gasteiger partial charge on any atom is -0.493 e. The summed E-state index contributed by atoms with van der Waals surface area (Å²) >= 11 is 0. The molecular formula is C28H36FN3O4. The summed E-state index contributed by atoms with van der Waals surface area (Å²) < 4.78 is 24.7. The van der Waals surface area contributed by atoms with Crippen LogP contribution in [-0.4, -0.2) is 62.1 Å². The fourth-order valence-corrected chi connectivity index (χ4v) is 5.40. The van der Waals surface area contributed by atoms with E-state index in [1.54, 1.807) is 31.3 Å². The summed E-state index contributed by atoms with van der Waals surface area (Å²) in [6.07, 6.45) is 6.57. The third-order valence-electron chi connectivity index (χ3n) is 7.45. The van der Waals surface area contributed by atoms with Crippen LogP contribution < -0.4 is 14.8 Å². The summed E-state index contributed by atoms with van der Waals surface area (Å²) in [4.78, 5) is 29.7. The summed E-state index contributed by atoms with van der Waals surface area (Å²) in [5.41, 5.74) is 2.76. The van der Waals surface area contributed by atoms with Crippen molar-refractivity contribution in [1.82, 2.24) is 15.1 Å². The normalized spacial score (nSPS) is 17.8. The largest absolute Gasteiger partial charge is 0.493 e. The SMILES string of the molecule is COc1cc2c(cc1OC)[C@H](c1ccc(F)cc1)N(C(=O)NCCC(=O)N(C)C1CCCCC1)CC2. The van der Waals surface area contributed by atoms with Crippen molar-refractivity contribution < 1.29 is 23.5 Å². The van der Waals surface area contributed by atoms with Gasteiger partial charge in [0.15, 0.2) is 11.5 Å². The van der Waals surface area contributed by atoms with E-state index >= 15 is 0 Å². The number of nitrogens with zero attached hydrogens (tertiary/aromatic N) is 2. The fraction of sp³-hybridized carbons (Fsp3) is 0.500. The van der Waals surface area contributed by atoms with Gasteiger partial charge in [-0.25, -0.2) is 9.18 Å². The molecule has 4 rings (SSSR count). The number of carbonyl (C=O) groups is 2. The molecule has 1 heterocycles. The maximum Gasteiger partial charge on any atom is 0.318 e. The lowest BCUT2D eigenvalue weighted by Gasteiger charge is -2.38. The first-order chi connectivity index (χ1) is 17.4. The van der Waals surface area contributed by atoms with Crippen molar-refractivity contribution in [1.29, 1.82) is 0 Å². The van der Waals surface area contributed by atoms with E-state index in [-0.39, 0.29) is 30.7 Å². The smallest absolute Gasteiger partial charge is 0.318 e. The standard InChI is InChI=1S/C28H36FN3O4/c1-31(22-7-5-4-6-8-22)26(33)13-15-30-28(34)32-16-14-20-17-24(35-2)25(36-3)18-23(20)27(32)19-9-11-21(29)12-10-19/h9-12,17-18,22,27H,4-8,13-16H2,1-3H3,(H,30,34)/t27-/m0/s1. The number of benzene rings is 2. The minimum atomic E-state index is -0.422. The molecule has 0 unspecified atom stereocenters. The van der Waals surface area contributed by atoms with E-state index in [4.69, 9.17) is 9.47 Å². The van der Waals surface area contributed by atoms with Gasteiger partial charge in [0.25, 0.3) is 0 Å². The first-order valence-electron chi connectivity index (χ1n) is 12.7. The Morgan fingerprint density at radius 3 is 2.39 bits per heavy atom. The third kappa shape index (κ3) is 5.58. The van der Waals surface area contributed by atoms with Crippen LogP contribution in [-0.2, 0) is 11.2 Å². The van der Waals surface area contributed by atoms with Crippen molar-refractivity contribution in [2.45, 2.75) is 57.0 Å². The molecule has 1 atom stereocenters. The number of fused-ring (bicyclic) bond motifs is 1. The molecule has 3 amide bonds. The number of hydrogen-bond acceptors (Lipinski definition) is 4. The first-order valence-corrected chi connectivity index (χ1v) is 12.7. The highest BCUT2D eigenvalue weighted by atomic mass is 19.1. The maximum absolute atomic E-state index is 13.7. The third-order valence-corrected chi connectivity index (χ3v) is 7.45. The molecule has 0 radical (unpaired) electrons. The van der Waals surface area contributed by atoms with Crippen LogP contribution in [0.4, 0.5) is 9.18 Å². The molecular weight excluding hydrogens is 461 g/mol. The van der Waals surface area contributed by atoms with Gasteiger partial charge < -0.3 is 24.6 Å². The molecule has 194 valence electrons. The topological polar surface area (TPSA) is 71.1 Å². The van der Waals surface area contributed by atoms with E-state index in [0.717, 1.165) is 42.4 Å². The molecule has 0 bridgehead atoms. The second kappa shape index (κ2) is 11.6. The Bertz CT molecular complexity index is 1070. The summed E-state index contributed by atoms with van der Waals surface area (Å²) in [6, 6.07) is 9.68. The maximum atomic E-state index is 13.7. The highest BCUT2D eigenvalue weighted by Crippen LogP contribution is 2.41. The number of hydrogen-bond donors (Lipinski definition) is 1. The van der Waals surface area contributed by atoms with Crippen LogP contribution in [0, 0.1) is 5.82 Å². The number of amides is 3. The van der Waals surface area contributed by atoms with E-state index in [1.165, 1.54) is 18.6 Å². The zero-order valence-electron chi connectivity index (χ0n) is 21.4. The molecule has 1 aliphatic heterocycles. The molecule has 1 N–H and O–H groups in total. The van der Waals surface area contributed by atoms with Crippen molar-refractivity contribution >= 4 is 11.9 Å². The molecule has 0 spiro atoms. The lowest BCUT2D eigenvalue weighted by Crippen LogP contribution is -2.47. The number of rotatable bonds is 7. The van der Waals surface area contributed by atoms with Crippen LogP contribution in [0.15, 0.2) is 36.4 Å². The molecule has 2 aromatic carbocycles. The zero-order valence-corrected chi connectivity index (χ0v) is 21.4. The second-order valence-electron chi connectivity index (χ2n) is 9.58. The van der Waals surface area contributed by atoms with Gasteiger partial charge in [0.05, 0.1) is 20.3 Å².